The number of hydrogen-bond acceptors (Lipinski definition) is 5. The zero-order valence-electron chi connectivity index (χ0n) is 16.3. The largest absolute Gasteiger partial charge is 0.347 e. The van der Waals surface area contributed by atoms with Crippen LogP contribution < -0.4 is 4.31 Å². The van der Waals surface area contributed by atoms with Crippen LogP contribution in [0.15, 0.2) is 59.5 Å². The number of hydrogen-bond donors (Lipinski definition) is 0. The van der Waals surface area contributed by atoms with Crippen LogP contribution in [0.3, 0.4) is 0 Å². The van der Waals surface area contributed by atoms with Crippen molar-refractivity contribution in [1.29, 1.82) is 0 Å². The lowest BCUT2D eigenvalue weighted by Crippen LogP contribution is -2.47. The smallest absolute Gasteiger partial charge is 0.264 e. The Labute approximate surface area is 170 Å². The van der Waals surface area contributed by atoms with E-state index in [1.807, 2.05) is 6.07 Å². The Bertz CT molecular complexity index is 977. The van der Waals surface area contributed by atoms with Crippen molar-refractivity contribution in [1.82, 2.24) is 4.90 Å². The van der Waals surface area contributed by atoms with E-state index in [4.69, 9.17) is 9.47 Å². The van der Waals surface area contributed by atoms with E-state index < -0.39 is 15.8 Å². The van der Waals surface area contributed by atoms with Gasteiger partial charge in [-0.15, -0.1) is 0 Å². The Kier molecular flexibility index (Phi) is 5.33. The fraction of sp³-hybridized carbons (Fsp3) is 0.381. The van der Waals surface area contributed by atoms with Crippen molar-refractivity contribution in [2.75, 3.05) is 37.7 Å². The van der Waals surface area contributed by atoms with Gasteiger partial charge in [-0.2, -0.15) is 0 Å². The highest BCUT2D eigenvalue weighted by atomic mass is 32.2. The molecule has 1 spiro atoms. The summed E-state index contributed by atoms with van der Waals surface area (Å²) in [5.74, 6) is -0.738. The van der Waals surface area contributed by atoms with Gasteiger partial charge in [0.2, 0.25) is 0 Å². The number of nitrogens with zero attached hydrogens (tertiary/aromatic N) is 2. The summed E-state index contributed by atoms with van der Waals surface area (Å²) in [6, 6.07) is 15.1. The van der Waals surface area contributed by atoms with Crippen molar-refractivity contribution in [3.8, 4) is 0 Å². The minimum absolute atomic E-state index is 0.0886. The van der Waals surface area contributed by atoms with Gasteiger partial charge in [0.25, 0.3) is 15.9 Å². The Morgan fingerprint density at radius 3 is 2.31 bits per heavy atom. The highest BCUT2D eigenvalue weighted by Gasteiger charge is 2.41. The van der Waals surface area contributed by atoms with Gasteiger partial charge in [0, 0.05) is 38.5 Å². The number of rotatable bonds is 4. The molecule has 154 valence electrons. The quantitative estimate of drug-likeness (QED) is 0.765. The average molecular weight is 416 g/mol. The third kappa shape index (κ3) is 3.88. The molecule has 0 saturated carbocycles. The molecule has 7 nitrogen and oxygen atoms in total. The molecular weight excluding hydrogens is 392 g/mol. The Hall–Kier alpha value is -2.42. The van der Waals surface area contributed by atoms with Crippen molar-refractivity contribution in [3.05, 3.63) is 60.2 Å². The van der Waals surface area contributed by atoms with Crippen LogP contribution in [-0.2, 0) is 19.5 Å². The Morgan fingerprint density at radius 1 is 1.00 bits per heavy atom. The third-order valence-corrected chi connectivity index (χ3v) is 7.27. The van der Waals surface area contributed by atoms with E-state index in [-0.39, 0.29) is 10.8 Å². The number of carbonyl (C=O) groups excluding carboxylic acids is 1. The molecule has 0 bridgehead atoms. The number of piperidine rings is 1. The maximum Gasteiger partial charge on any atom is 0.264 e. The van der Waals surface area contributed by atoms with Gasteiger partial charge >= 0.3 is 0 Å². The summed E-state index contributed by atoms with van der Waals surface area (Å²) in [5, 5.41) is 0. The van der Waals surface area contributed by atoms with Gasteiger partial charge in [0.05, 0.1) is 23.8 Å². The molecule has 2 aliphatic rings. The average Bonchev–Trinajstić information content (AvgIpc) is 3.22. The second kappa shape index (κ2) is 7.78. The first-order valence-electron chi connectivity index (χ1n) is 9.63. The number of benzene rings is 2. The fourth-order valence-corrected chi connectivity index (χ4v) is 4.99. The fourth-order valence-electron chi connectivity index (χ4n) is 3.74. The summed E-state index contributed by atoms with van der Waals surface area (Å²) in [6.07, 6.45) is 1.24. The number of sulfonamides is 1. The second-order valence-corrected chi connectivity index (χ2v) is 9.20. The van der Waals surface area contributed by atoms with Crippen LogP contribution in [0.4, 0.5) is 5.69 Å². The monoisotopic (exact) mass is 416 g/mol. The predicted molar refractivity (Wildman–Crippen MR) is 108 cm³/mol. The van der Waals surface area contributed by atoms with Gasteiger partial charge in [0.1, 0.15) is 0 Å². The predicted octanol–water partition coefficient (Wildman–Crippen LogP) is 2.49. The number of para-hydroxylation sites is 1. The molecule has 2 aliphatic heterocycles. The van der Waals surface area contributed by atoms with E-state index in [2.05, 4.69) is 0 Å². The van der Waals surface area contributed by atoms with Crippen molar-refractivity contribution in [2.45, 2.75) is 23.5 Å². The molecule has 2 fully saturated rings. The lowest BCUT2D eigenvalue weighted by Gasteiger charge is -2.37. The number of amides is 1. The van der Waals surface area contributed by atoms with Crippen LogP contribution in [0.5, 0.6) is 0 Å². The molecule has 0 aromatic heterocycles. The molecule has 0 aliphatic carbocycles. The zero-order chi connectivity index (χ0) is 20.5. The molecule has 29 heavy (non-hydrogen) atoms. The molecule has 1 amide bonds. The lowest BCUT2D eigenvalue weighted by atomic mass is 10.0. The van der Waals surface area contributed by atoms with E-state index in [1.165, 1.54) is 23.5 Å². The summed E-state index contributed by atoms with van der Waals surface area (Å²) >= 11 is 0. The SMILES string of the molecule is CN(c1ccccc1)S(=O)(=O)c1cccc(C(=O)N2CCC3(CC2)OCCO3)c1. The van der Waals surface area contributed by atoms with Gasteiger partial charge in [-0.25, -0.2) is 8.42 Å². The van der Waals surface area contributed by atoms with Gasteiger partial charge in [-0.05, 0) is 30.3 Å². The highest BCUT2D eigenvalue weighted by molar-refractivity contribution is 7.92. The number of anilines is 1. The van der Waals surface area contributed by atoms with Gasteiger partial charge in [-0.1, -0.05) is 24.3 Å². The zero-order valence-corrected chi connectivity index (χ0v) is 17.1. The van der Waals surface area contributed by atoms with Gasteiger partial charge in [-0.3, -0.25) is 9.10 Å². The molecular formula is C21H24N2O5S. The first-order chi connectivity index (χ1) is 13.9. The molecule has 0 radical (unpaired) electrons. The van der Waals surface area contributed by atoms with Crippen LogP contribution in [-0.4, -0.2) is 58.4 Å². The molecule has 4 rings (SSSR count). The topological polar surface area (TPSA) is 76.2 Å². The van der Waals surface area contributed by atoms with Crippen LogP contribution in [0.1, 0.15) is 23.2 Å². The second-order valence-electron chi connectivity index (χ2n) is 7.24. The molecule has 0 unspecified atom stereocenters. The van der Waals surface area contributed by atoms with Crippen LogP contribution in [0.2, 0.25) is 0 Å². The van der Waals surface area contributed by atoms with Crippen LogP contribution >= 0.6 is 0 Å². The molecule has 0 atom stereocenters. The van der Waals surface area contributed by atoms with E-state index in [0.717, 1.165) is 0 Å². The summed E-state index contributed by atoms with van der Waals surface area (Å²) in [4.78, 5) is 14.8. The van der Waals surface area contributed by atoms with Crippen LogP contribution in [0.25, 0.3) is 0 Å². The van der Waals surface area contributed by atoms with E-state index >= 15 is 0 Å². The van der Waals surface area contributed by atoms with Crippen molar-refractivity contribution in [3.63, 3.8) is 0 Å². The maximum absolute atomic E-state index is 13.0. The van der Waals surface area contributed by atoms with E-state index in [0.29, 0.717) is 50.4 Å². The summed E-state index contributed by atoms with van der Waals surface area (Å²) in [6.45, 7) is 2.20. The van der Waals surface area contributed by atoms with Gasteiger partial charge in [0.15, 0.2) is 5.79 Å². The summed E-state index contributed by atoms with van der Waals surface area (Å²) < 4.78 is 38.7. The van der Waals surface area contributed by atoms with Gasteiger partial charge < -0.3 is 14.4 Å². The molecule has 2 aromatic carbocycles. The standard InChI is InChI=1S/C21H24N2O5S/c1-22(18-7-3-2-4-8-18)29(25,26)19-9-5-6-17(16-19)20(24)23-12-10-21(11-13-23)27-14-15-28-21/h2-9,16H,10-15H2,1H3. The Balaban J connectivity index is 1.52. The first-order valence-corrected chi connectivity index (χ1v) is 11.1. The Morgan fingerprint density at radius 2 is 1.66 bits per heavy atom. The molecule has 0 N–H and O–H groups in total. The number of likely N-dealkylation sites (tertiary alicyclic amines) is 1. The minimum Gasteiger partial charge on any atom is -0.347 e. The maximum atomic E-state index is 13.0. The van der Waals surface area contributed by atoms with E-state index in [1.54, 1.807) is 41.3 Å². The third-order valence-electron chi connectivity index (χ3n) is 5.49. The van der Waals surface area contributed by atoms with Crippen molar-refractivity contribution < 1.29 is 22.7 Å². The molecule has 2 aromatic rings. The first kappa shape index (κ1) is 19.9. The summed E-state index contributed by atoms with van der Waals surface area (Å²) in [5.41, 5.74) is 0.916. The number of ether oxygens (including phenoxy) is 2. The van der Waals surface area contributed by atoms with Crippen molar-refractivity contribution in [2.24, 2.45) is 0 Å². The minimum atomic E-state index is -3.77. The normalized spacial score (nSPS) is 18.7. The van der Waals surface area contributed by atoms with Crippen molar-refractivity contribution >= 4 is 21.6 Å². The van der Waals surface area contributed by atoms with Crippen LogP contribution in [0, 0.1) is 0 Å². The van der Waals surface area contributed by atoms with E-state index in [9.17, 15) is 13.2 Å². The summed E-state index contributed by atoms with van der Waals surface area (Å²) in [7, 11) is -2.27. The number of carbonyl (C=O) groups is 1. The highest BCUT2D eigenvalue weighted by Crippen LogP contribution is 2.32. The molecule has 2 heterocycles. The lowest BCUT2D eigenvalue weighted by molar-refractivity contribution is -0.181. The molecule has 2 saturated heterocycles. The molecule has 8 heteroatoms.